The Balaban J connectivity index is 0. The van der Waals surface area contributed by atoms with Gasteiger partial charge in [0.1, 0.15) is 0 Å². The Kier molecular flexibility index (Phi) is 8.29. The van der Waals surface area contributed by atoms with Gasteiger partial charge in [-0.1, -0.05) is 30.3 Å². The van der Waals surface area contributed by atoms with E-state index < -0.39 is 0 Å². The summed E-state index contributed by atoms with van der Waals surface area (Å²) >= 11 is 5.42. The van der Waals surface area contributed by atoms with Gasteiger partial charge in [-0.2, -0.15) is 0 Å². The molecule has 0 aliphatic rings. The van der Waals surface area contributed by atoms with E-state index in [4.69, 9.17) is 11.6 Å². The SMILES string of the molecule is O=C(CCCl)NCc1ccccc1.[H-].[Na+]. The molecule has 0 bridgehead atoms. The number of carbonyl (C=O) groups excluding carboxylic acids is 1. The molecule has 14 heavy (non-hydrogen) atoms. The van der Waals surface area contributed by atoms with Gasteiger partial charge in [-0.3, -0.25) is 4.79 Å². The number of amides is 1. The number of hydrogen-bond acceptors (Lipinski definition) is 1. The molecule has 0 atom stereocenters. The molecule has 1 N–H and O–H groups in total. The summed E-state index contributed by atoms with van der Waals surface area (Å²) < 4.78 is 0. The molecule has 0 unspecified atom stereocenters. The first-order valence-corrected chi connectivity index (χ1v) is 4.73. The second-order valence-corrected chi connectivity index (χ2v) is 3.08. The van der Waals surface area contributed by atoms with Gasteiger partial charge in [0.15, 0.2) is 0 Å². The minimum Gasteiger partial charge on any atom is -1.00 e. The van der Waals surface area contributed by atoms with E-state index in [1.54, 1.807) is 0 Å². The molecule has 1 aromatic carbocycles. The third kappa shape index (κ3) is 5.66. The van der Waals surface area contributed by atoms with E-state index in [0.29, 0.717) is 18.8 Å². The zero-order chi connectivity index (χ0) is 9.52. The number of hydrogen-bond donors (Lipinski definition) is 1. The summed E-state index contributed by atoms with van der Waals surface area (Å²) in [7, 11) is 0. The van der Waals surface area contributed by atoms with Crippen molar-refractivity contribution >= 4 is 17.5 Å². The van der Waals surface area contributed by atoms with E-state index in [1.165, 1.54) is 0 Å². The molecule has 0 heterocycles. The van der Waals surface area contributed by atoms with Gasteiger partial charge in [0.2, 0.25) is 5.91 Å². The van der Waals surface area contributed by atoms with Crippen molar-refractivity contribution < 1.29 is 35.8 Å². The van der Waals surface area contributed by atoms with E-state index >= 15 is 0 Å². The van der Waals surface area contributed by atoms with Crippen molar-refractivity contribution in [2.75, 3.05) is 5.88 Å². The summed E-state index contributed by atoms with van der Waals surface area (Å²) in [5.74, 6) is 0.375. The molecule has 72 valence electrons. The van der Waals surface area contributed by atoms with E-state index in [1.807, 2.05) is 30.3 Å². The topological polar surface area (TPSA) is 29.1 Å². The maximum absolute atomic E-state index is 11.0. The summed E-state index contributed by atoms with van der Waals surface area (Å²) in [5, 5.41) is 2.78. The van der Waals surface area contributed by atoms with Gasteiger partial charge in [-0.25, -0.2) is 0 Å². The molecule has 1 amide bonds. The molecule has 0 radical (unpaired) electrons. The van der Waals surface area contributed by atoms with Crippen molar-refractivity contribution in [3.63, 3.8) is 0 Å². The van der Waals surface area contributed by atoms with Crippen molar-refractivity contribution in [1.82, 2.24) is 5.32 Å². The van der Waals surface area contributed by atoms with Crippen LogP contribution in [0.4, 0.5) is 0 Å². The number of rotatable bonds is 4. The van der Waals surface area contributed by atoms with Gasteiger partial charge < -0.3 is 6.74 Å². The van der Waals surface area contributed by atoms with Gasteiger partial charge in [-0.15, -0.1) is 11.6 Å². The molecule has 2 nitrogen and oxygen atoms in total. The van der Waals surface area contributed by atoms with Gasteiger partial charge in [-0.05, 0) is 5.56 Å². The first kappa shape index (κ1) is 14.0. The monoisotopic (exact) mass is 221 g/mol. The fourth-order valence-electron chi connectivity index (χ4n) is 0.971. The molecule has 0 aliphatic carbocycles. The quantitative estimate of drug-likeness (QED) is 0.516. The minimum absolute atomic E-state index is 0. The minimum atomic E-state index is -0.00106. The molecule has 0 aromatic heterocycles. The summed E-state index contributed by atoms with van der Waals surface area (Å²) in [6.45, 7) is 0.580. The van der Waals surface area contributed by atoms with Crippen LogP contribution >= 0.6 is 11.6 Å². The summed E-state index contributed by atoms with van der Waals surface area (Å²) in [4.78, 5) is 11.0. The Morgan fingerprint density at radius 2 is 2.00 bits per heavy atom. The number of nitrogens with one attached hydrogen (secondary N) is 1. The van der Waals surface area contributed by atoms with Crippen molar-refractivity contribution in [3.8, 4) is 0 Å². The summed E-state index contributed by atoms with van der Waals surface area (Å²) in [5.41, 5.74) is 1.10. The van der Waals surface area contributed by atoms with E-state index in [-0.39, 0.29) is 36.9 Å². The molecular weight excluding hydrogens is 209 g/mol. The van der Waals surface area contributed by atoms with Gasteiger partial charge in [0.05, 0.1) is 0 Å². The van der Waals surface area contributed by atoms with E-state index in [0.717, 1.165) is 5.56 Å². The van der Waals surface area contributed by atoms with Crippen molar-refractivity contribution in [2.45, 2.75) is 13.0 Å². The zero-order valence-corrected chi connectivity index (χ0v) is 11.1. The number of alkyl halides is 1. The number of benzene rings is 1. The zero-order valence-electron chi connectivity index (χ0n) is 9.29. The molecule has 1 rings (SSSR count). The standard InChI is InChI=1S/C10H12ClNO.Na.H/c11-7-6-10(13)12-8-9-4-2-1-3-5-9;;/h1-5H,6-8H2,(H,12,13);;/q;+1;-1. The molecule has 4 heteroatoms. The molecule has 0 saturated heterocycles. The van der Waals surface area contributed by atoms with Crippen LogP contribution in [0.25, 0.3) is 0 Å². The molecule has 0 spiro atoms. The van der Waals surface area contributed by atoms with Crippen LogP contribution < -0.4 is 34.9 Å². The molecular formula is C10H13ClNNaO. The first-order chi connectivity index (χ1) is 6.33. The number of carbonyl (C=O) groups is 1. The van der Waals surface area contributed by atoms with Gasteiger partial charge in [0.25, 0.3) is 0 Å². The first-order valence-electron chi connectivity index (χ1n) is 4.19. The van der Waals surface area contributed by atoms with Crippen LogP contribution in [0.1, 0.15) is 13.4 Å². The maximum atomic E-state index is 11.0. The van der Waals surface area contributed by atoms with Crippen LogP contribution in [0.3, 0.4) is 0 Å². The van der Waals surface area contributed by atoms with Crippen LogP contribution in [-0.2, 0) is 11.3 Å². The van der Waals surface area contributed by atoms with Crippen molar-refractivity contribution in [1.29, 1.82) is 0 Å². The number of halogens is 1. The third-order valence-electron chi connectivity index (χ3n) is 1.65. The Hall–Kier alpha value is -0.0200. The summed E-state index contributed by atoms with van der Waals surface area (Å²) in [6.07, 6.45) is 0.383. The Morgan fingerprint density at radius 1 is 1.36 bits per heavy atom. The fraction of sp³-hybridized carbons (Fsp3) is 0.300. The molecule has 1 aromatic rings. The van der Waals surface area contributed by atoms with E-state index in [2.05, 4.69) is 5.32 Å². The Morgan fingerprint density at radius 3 is 2.57 bits per heavy atom. The van der Waals surface area contributed by atoms with Crippen molar-refractivity contribution in [2.24, 2.45) is 0 Å². The molecule has 0 fully saturated rings. The normalized spacial score (nSPS) is 8.93. The van der Waals surface area contributed by atoms with E-state index in [9.17, 15) is 4.79 Å². The predicted octanol–water partition coefficient (Wildman–Crippen LogP) is -0.952. The van der Waals surface area contributed by atoms with Gasteiger partial charge in [0, 0.05) is 18.8 Å². The smallest absolute Gasteiger partial charge is 1.00 e. The fourth-order valence-corrected chi connectivity index (χ4v) is 1.14. The largest absolute Gasteiger partial charge is 1.00 e. The van der Waals surface area contributed by atoms with Crippen LogP contribution in [0, 0.1) is 0 Å². The average Bonchev–Trinajstić information content (AvgIpc) is 2.17. The van der Waals surface area contributed by atoms with Crippen LogP contribution in [0.2, 0.25) is 0 Å². The molecule has 0 saturated carbocycles. The second-order valence-electron chi connectivity index (χ2n) is 2.70. The second kappa shape index (κ2) is 8.30. The Bertz CT molecular complexity index is 271. The Labute approximate surface area is 113 Å². The molecule has 0 aliphatic heterocycles. The van der Waals surface area contributed by atoms with Crippen molar-refractivity contribution in [3.05, 3.63) is 35.9 Å². The maximum Gasteiger partial charge on any atom is 1.00 e. The summed E-state index contributed by atoms with van der Waals surface area (Å²) in [6, 6.07) is 9.79. The predicted molar refractivity (Wildman–Crippen MR) is 54.7 cm³/mol. The third-order valence-corrected chi connectivity index (χ3v) is 1.84. The average molecular weight is 222 g/mol. The van der Waals surface area contributed by atoms with Crippen LogP contribution in [0.5, 0.6) is 0 Å². The van der Waals surface area contributed by atoms with Crippen LogP contribution in [-0.4, -0.2) is 11.8 Å². The van der Waals surface area contributed by atoms with Crippen LogP contribution in [0.15, 0.2) is 30.3 Å². The van der Waals surface area contributed by atoms with Gasteiger partial charge >= 0.3 is 29.6 Å².